The van der Waals surface area contributed by atoms with Crippen LogP contribution in [0.5, 0.6) is 0 Å². The zero-order valence-corrected chi connectivity index (χ0v) is 25.8. The van der Waals surface area contributed by atoms with Crippen molar-refractivity contribution in [2.24, 2.45) is 5.92 Å². The van der Waals surface area contributed by atoms with Crippen molar-refractivity contribution in [1.29, 1.82) is 10.5 Å². The maximum atomic E-state index is 15.1. The van der Waals surface area contributed by atoms with Gasteiger partial charge in [0.1, 0.15) is 11.7 Å². The third-order valence-electron chi connectivity index (χ3n) is 7.95. The molecule has 0 bridgehead atoms. The van der Waals surface area contributed by atoms with E-state index >= 15 is 4.39 Å². The Morgan fingerprint density at radius 3 is 2.05 bits per heavy atom. The van der Waals surface area contributed by atoms with Crippen molar-refractivity contribution >= 4 is 21.4 Å². The van der Waals surface area contributed by atoms with Crippen molar-refractivity contribution in [1.82, 2.24) is 10.6 Å². The third-order valence-corrected chi connectivity index (χ3v) is 9.43. The summed E-state index contributed by atoms with van der Waals surface area (Å²) in [5.74, 6) is -0.752. The maximum absolute atomic E-state index is 15.1. The molecule has 0 aromatic heterocycles. The van der Waals surface area contributed by atoms with Crippen LogP contribution in [0.4, 0.5) is 17.6 Å². The van der Waals surface area contributed by atoms with Gasteiger partial charge in [-0.25, -0.2) is 12.8 Å². The van der Waals surface area contributed by atoms with Crippen LogP contribution in [-0.2, 0) is 16.3 Å². The minimum atomic E-state index is -4.72. The highest BCUT2D eigenvalue weighted by Crippen LogP contribution is 2.53. The molecule has 4 atom stereocenters. The summed E-state index contributed by atoms with van der Waals surface area (Å²) in [6.45, 7) is 2.55. The number of hydrogen-bond acceptors (Lipinski definition) is 6. The highest BCUT2D eigenvalue weighted by molar-refractivity contribution is 7.90. The minimum absolute atomic E-state index is 0.0723. The Morgan fingerprint density at radius 2 is 1.59 bits per heavy atom. The SMILES string of the molecule is CC(C)(F)C1CC1(CNC(C#N)Cc1ccc(C#N)cc1Cl)N[C@@H](c1ccc(-c2ccc(S(C)(=O)=O)cc2)cc1)C(F)(F)F. The number of nitrogens with one attached hydrogen (secondary N) is 2. The number of nitrogens with zero attached hydrogens (tertiary/aromatic N) is 2. The number of alkyl halides is 4. The van der Waals surface area contributed by atoms with Crippen molar-refractivity contribution in [2.75, 3.05) is 12.8 Å². The van der Waals surface area contributed by atoms with Gasteiger partial charge >= 0.3 is 6.18 Å². The molecule has 0 aliphatic heterocycles. The van der Waals surface area contributed by atoms with Gasteiger partial charge in [-0.1, -0.05) is 54.1 Å². The van der Waals surface area contributed by atoms with E-state index in [0.29, 0.717) is 27.3 Å². The fourth-order valence-corrected chi connectivity index (χ4v) is 6.37. The lowest BCUT2D eigenvalue weighted by Gasteiger charge is -2.31. The second kappa shape index (κ2) is 12.5. The van der Waals surface area contributed by atoms with E-state index in [1.165, 1.54) is 56.3 Å². The minimum Gasteiger partial charge on any atom is -0.300 e. The van der Waals surface area contributed by atoms with Crippen LogP contribution in [0.2, 0.25) is 5.02 Å². The van der Waals surface area contributed by atoms with Crippen LogP contribution < -0.4 is 10.6 Å². The topological polar surface area (TPSA) is 106 Å². The summed E-state index contributed by atoms with van der Waals surface area (Å²) >= 11 is 6.26. The Labute approximate surface area is 259 Å². The molecule has 3 aromatic rings. The molecule has 12 heteroatoms. The van der Waals surface area contributed by atoms with Gasteiger partial charge in [-0.15, -0.1) is 0 Å². The van der Waals surface area contributed by atoms with Crippen LogP contribution in [-0.4, -0.2) is 44.6 Å². The molecule has 0 amide bonds. The van der Waals surface area contributed by atoms with Gasteiger partial charge in [0.15, 0.2) is 9.84 Å². The molecule has 232 valence electrons. The first kappa shape index (κ1) is 33.4. The van der Waals surface area contributed by atoms with Gasteiger partial charge in [0.2, 0.25) is 0 Å². The molecule has 1 saturated carbocycles. The summed E-state index contributed by atoms with van der Waals surface area (Å²) in [4.78, 5) is 0.131. The molecule has 3 aromatic carbocycles. The smallest absolute Gasteiger partial charge is 0.300 e. The fraction of sp³-hybridized carbons (Fsp3) is 0.375. The molecule has 3 unspecified atom stereocenters. The quantitative estimate of drug-likeness (QED) is 0.225. The van der Waals surface area contributed by atoms with Crippen molar-refractivity contribution in [3.8, 4) is 23.3 Å². The first-order chi connectivity index (χ1) is 20.5. The van der Waals surface area contributed by atoms with Crippen LogP contribution in [0, 0.1) is 28.6 Å². The van der Waals surface area contributed by atoms with Gasteiger partial charge in [-0.05, 0) is 66.8 Å². The molecule has 0 heterocycles. The van der Waals surface area contributed by atoms with Crippen molar-refractivity contribution in [2.45, 2.75) is 61.1 Å². The number of halogens is 5. The molecule has 2 N–H and O–H groups in total. The zero-order valence-electron chi connectivity index (χ0n) is 24.2. The fourth-order valence-electron chi connectivity index (χ4n) is 5.49. The lowest BCUT2D eigenvalue weighted by atomic mass is 9.96. The van der Waals surface area contributed by atoms with Crippen LogP contribution in [0.1, 0.15) is 43.0 Å². The average molecular weight is 647 g/mol. The summed E-state index contributed by atoms with van der Waals surface area (Å²) in [5.41, 5.74) is -0.981. The normalized spacial score (nSPS) is 19.9. The van der Waals surface area contributed by atoms with E-state index in [1.807, 2.05) is 6.07 Å². The zero-order chi connectivity index (χ0) is 32.5. The van der Waals surface area contributed by atoms with Crippen molar-refractivity contribution < 1.29 is 26.0 Å². The number of rotatable bonds is 11. The summed E-state index contributed by atoms with van der Waals surface area (Å²) < 4.78 is 82.1. The molecule has 0 saturated heterocycles. The van der Waals surface area contributed by atoms with Crippen molar-refractivity contribution in [3.63, 3.8) is 0 Å². The first-order valence-electron chi connectivity index (χ1n) is 13.7. The highest BCUT2D eigenvalue weighted by atomic mass is 35.5. The van der Waals surface area contributed by atoms with Gasteiger partial charge in [-0.3, -0.25) is 10.6 Å². The number of benzene rings is 3. The lowest BCUT2D eigenvalue weighted by Crippen LogP contribution is -2.52. The Bertz CT molecular complexity index is 1690. The van der Waals surface area contributed by atoms with E-state index in [0.717, 1.165) is 6.26 Å². The van der Waals surface area contributed by atoms with Crippen LogP contribution in [0.15, 0.2) is 71.6 Å². The van der Waals surface area contributed by atoms with E-state index in [9.17, 15) is 26.9 Å². The molecular formula is C32H31ClF4N4O2S. The predicted octanol–water partition coefficient (Wildman–Crippen LogP) is 6.71. The van der Waals surface area contributed by atoms with Gasteiger partial charge in [0.25, 0.3) is 0 Å². The predicted molar refractivity (Wildman–Crippen MR) is 160 cm³/mol. The molecule has 0 radical (unpaired) electrons. The average Bonchev–Trinajstić information content (AvgIpc) is 3.69. The van der Waals surface area contributed by atoms with Gasteiger partial charge < -0.3 is 0 Å². The van der Waals surface area contributed by atoms with E-state index in [1.54, 1.807) is 24.3 Å². The van der Waals surface area contributed by atoms with Crippen molar-refractivity contribution in [3.05, 3.63) is 88.4 Å². The second-order valence-corrected chi connectivity index (χ2v) is 14.1. The largest absolute Gasteiger partial charge is 0.407 e. The standard InChI is InChI=1S/C32H31ClF4N4O2S/c1-30(2,34)28-16-31(28,19-40-25(18-39)15-24-5-4-20(17-38)14-27(24)33)41-29(32(35,36)37)23-8-6-21(7-9-23)22-10-12-26(13-11-22)44(3,42)43/h4-14,25,28-29,40-41H,15-16,19H2,1-3H3/t25?,28?,29-,31?/m0/s1. The molecule has 1 aliphatic carbocycles. The van der Waals surface area contributed by atoms with Gasteiger partial charge in [0, 0.05) is 35.7 Å². The van der Waals surface area contributed by atoms with E-state index in [-0.39, 0.29) is 29.8 Å². The summed E-state index contributed by atoms with van der Waals surface area (Å²) in [7, 11) is -3.39. The van der Waals surface area contributed by atoms with Gasteiger partial charge in [0.05, 0.1) is 28.6 Å². The van der Waals surface area contributed by atoms with Crippen LogP contribution >= 0.6 is 11.6 Å². The number of nitriles is 2. The molecule has 0 spiro atoms. The highest BCUT2D eigenvalue weighted by Gasteiger charge is 2.63. The van der Waals surface area contributed by atoms with E-state index < -0.39 is 45.2 Å². The molecule has 6 nitrogen and oxygen atoms in total. The Kier molecular flexibility index (Phi) is 9.48. The van der Waals surface area contributed by atoms with Gasteiger partial charge in [-0.2, -0.15) is 23.7 Å². The Morgan fingerprint density at radius 1 is 1.00 bits per heavy atom. The summed E-state index contributed by atoms with van der Waals surface area (Å²) in [6.07, 6.45) is -3.38. The molecule has 1 fully saturated rings. The monoisotopic (exact) mass is 646 g/mol. The first-order valence-corrected chi connectivity index (χ1v) is 16.0. The summed E-state index contributed by atoms with van der Waals surface area (Å²) in [5, 5.41) is 24.8. The van der Waals surface area contributed by atoms with Crippen LogP contribution in [0.3, 0.4) is 0 Å². The van der Waals surface area contributed by atoms with E-state index in [4.69, 9.17) is 16.9 Å². The van der Waals surface area contributed by atoms with E-state index in [2.05, 4.69) is 16.7 Å². The van der Waals surface area contributed by atoms with Crippen LogP contribution in [0.25, 0.3) is 11.1 Å². The third kappa shape index (κ3) is 7.77. The molecule has 4 rings (SSSR count). The maximum Gasteiger partial charge on any atom is 0.407 e. The Balaban J connectivity index is 1.55. The molecule has 44 heavy (non-hydrogen) atoms. The molecule has 1 aliphatic rings. The molecular weight excluding hydrogens is 616 g/mol. The Hall–Kier alpha value is -3.48. The lowest BCUT2D eigenvalue weighted by molar-refractivity contribution is -0.161. The number of hydrogen-bond donors (Lipinski definition) is 2. The summed E-state index contributed by atoms with van der Waals surface area (Å²) in [6, 6.07) is 17.5. The number of sulfone groups is 1. The second-order valence-electron chi connectivity index (χ2n) is 11.7.